The quantitative estimate of drug-likeness (QED) is 0.241. The van der Waals surface area contributed by atoms with Crippen LogP contribution in [0.4, 0.5) is 19.0 Å². The number of nitrogens with two attached hydrogens (primary N) is 1. The summed E-state index contributed by atoms with van der Waals surface area (Å²) in [6.07, 6.45) is 1.64. The van der Waals surface area contributed by atoms with Gasteiger partial charge in [0.2, 0.25) is 5.91 Å². The number of alkyl halides is 4. The number of furan rings is 1. The van der Waals surface area contributed by atoms with Crippen molar-refractivity contribution in [2.75, 3.05) is 18.8 Å². The highest BCUT2D eigenvalue weighted by Gasteiger charge is 2.35. The van der Waals surface area contributed by atoms with E-state index in [0.717, 1.165) is 6.07 Å². The normalized spacial score (nSPS) is 15.7. The molecule has 1 fully saturated rings. The third-order valence-electron chi connectivity index (χ3n) is 6.37. The fraction of sp³-hybridized carbons (Fsp3) is 0.214. The van der Waals surface area contributed by atoms with E-state index in [4.69, 9.17) is 21.8 Å². The van der Waals surface area contributed by atoms with Gasteiger partial charge in [-0.25, -0.2) is 4.98 Å². The van der Waals surface area contributed by atoms with E-state index in [-0.39, 0.29) is 45.8 Å². The standard InChI is InChI=1S/C28H23ClF3N5O3/c29-20-7-8-37(15-20)27(39)17-3-4-23(34-13-17)18-9-19-10-21(40-26(19)22(11-18)28(30,31)32)14-36-25(38)6-2-16-1-5-24(33)35-12-16/h1-6,9-13,20H,7-8,14-15H2,(H2,33,35)(H,36,38)/t20-/m0/s1. The van der Waals surface area contributed by atoms with Crippen LogP contribution in [0.2, 0.25) is 0 Å². The van der Waals surface area contributed by atoms with Crippen molar-refractivity contribution in [3.05, 3.63) is 83.4 Å². The molecule has 1 aromatic carbocycles. The number of likely N-dealkylation sites (tertiary alicyclic amines) is 1. The Morgan fingerprint density at radius 1 is 1.15 bits per heavy atom. The van der Waals surface area contributed by atoms with E-state index in [2.05, 4.69) is 15.3 Å². The number of rotatable bonds is 6. The zero-order chi connectivity index (χ0) is 28.4. The number of benzene rings is 1. The van der Waals surface area contributed by atoms with Crippen LogP contribution in [0.1, 0.15) is 33.7 Å². The molecule has 0 radical (unpaired) electrons. The van der Waals surface area contributed by atoms with Crippen molar-refractivity contribution in [1.29, 1.82) is 0 Å². The number of fused-ring (bicyclic) bond motifs is 1. The number of carbonyl (C=O) groups excluding carboxylic acids is 2. The van der Waals surface area contributed by atoms with E-state index in [0.29, 0.717) is 36.5 Å². The van der Waals surface area contributed by atoms with Crippen molar-refractivity contribution in [1.82, 2.24) is 20.2 Å². The Balaban J connectivity index is 1.35. The topological polar surface area (TPSA) is 114 Å². The van der Waals surface area contributed by atoms with Crippen molar-refractivity contribution in [3.63, 3.8) is 0 Å². The molecule has 1 saturated heterocycles. The monoisotopic (exact) mass is 569 g/mol. The SMILES string of the molecule is Nc1ccc(C=CC(=O)NCc2cc3cc(-c4ccc(C(=O)N5CC[C@H](Cl)C5)cn4)cc(C(F)(F)F)c3o2)cn1. The molecule has 5 rings (SSSR count). The second-order valence-corrected chi connectivity index (χ2v) is 9.91. The van der Waals surface area contributed by atoms with Crippen molar-refractivity contribution < 1.29 is 27.2 Å². The first kappa shape index (κ1) is 27.2. The maximum Gasteiger partial charge on any atom is 0.420 e. The molecule has 12 heteroatoms. The summed E-state index contributed by atoms with van der Waals surface area (Å²) in [4.78, 5) is 34.7. The molecule has 2 amide bonds. The molecule has 0 unspecified atom stereocenters. The second-order valence-electron chi connectivity index (χ2n) is 9.29. The maximum absolute atomic E-state index is 14.0. The van der Waals surface area contributed by atoms with Crippen molar-refractivity contribution >= 4 is 46.3 Å². The highest BCUT2D eigenvalue weighted by molar-refractivity contribution is 6.21. The fourth-order valence-electron chi connectivity index (χ4n) is 4.35. The largest absolute Gasteiger partial charge is 0.459 e. The smallest absolute Gasteiger partial charge is 0.420 e. The summed E-state index contributed by atoms with van der Waals surface area (Å²) in [5, 5.41) is 2.69. The van der Waals surface area contributed by atoms with Crippen molar-refractivity contribution in [3.8, 4) is 11.3 Å². The van der Waals surface area contributed by atoms with Crippen LogP contribution < -0.4 is 11.1 Å². The first-order valence-corrected chi connectivity index (χ1v) is 12.7. The zero-order valence-electron chi connectivity index (χ0n) is 20.9. The number of halogens is 4. The minimum Gasteiger partial charge on any atom is -0.459 e. The molecule has 4 aromatic rings. The summed E-state index contributed by atoms with van der Waals surface area (Å²) < 4.78 is 47.4. The molecule has 0 spiro atoms. The first-order valence-electron chi connectivity index (χ1n) is 12.3. The molecular weight excluding hydrogens is 547 g/mol. The number of hydrogen-bond donors (Lipinski definition) is 2. The number of nitrogens with zero attached hydrogens (tertiary/aromatic N) is 3. The number of anilines is 1. The highest BCUT2D eigenvalue weighted by atomic mass is 35.5. The third-order valence-corrected chi connectivity index (χ3v) is 6.73. The molecule has 4 heterocycles. The van der Waals surface area contributed by atoms with Gasteiger partial charge < -0.3 is 20.4 Å². The van der Waals surface area contributed by atoms with Gasteiger partial charge in [-0.15, -0.1) is 11.6 Å². The zero-order valence-corrected chi connectivity index (χ0v) is 21.7. The van der Waals surface area contributed by atoms with Gasteiger partial charge in [-0.05, 0) is 60.5 Å². The maximum atomic E-state index is 14.0. The van der Waals surface area contributed by atoms with Crippen LogP contribution in [0, 0.1) is 0 Å². The average Bonchev–Trinajstić information content (AvgIpc) is 3.56. The number of pyridine rings is 2. The second kappa shape index (κ2) is 11.0. The van der Waals surface area contributed by atoms with Gasteiger partial charge in [0.05, 0.1) is 28.7 Å². The molecule has 206 valence electrons. The van der Waals surface area contributed by atoms with Gasteiger partial charge in [-0.3, -0.25) is 14.6 Å². The summed E-state index contributed by atoms with van der Waals surface area (Å²) in [5.74, 6) is -0.206. The van der Waals surface area contributed by atoms with Gasteiger partial charge in [-0.2, -0.15) is 13.2 Å². The molecule has 1 atom stereocenters. The Bertz CT molecular complexity index is 1580. The Morgan fingerprint density at radius 2 is 1.98 bits per heavy atom. The average molecular weight is 570 g/mol. The van der Waals surface area contributed by atoms with Crippen molar-refractivity contribution in [2.45, 2.75) is 24.5 Å². The van der Waals surface area contributed by atoms with Gasteiger partial charge >= 0.3 is 6.18 Å². The Kier molecular flexibility index (Phi) is 7.49. The molecule has 8 nitrogen and oxygen atoms in total. The summed E-state index contributed by atoms with van der Waals surface area (Å²) in [6.45, 7) is 0.854. The minimum atomic E-state index is -4.70. The Labute approximate surface area is 231 Å². The number of hydrogen-bond acceptors (Lipinski definition) is 6. The van der Waals surface area contributed by atoms with Crippen LogP contribution in [0.15, 0.2) is 65.4 Å². The molecular formula is C28H23ClF3N5O3. The number of carbonyl (C=O) groups is 2. The predicted molar refractivity (Wildman–Crippen MR) is 144 cm³/mol. The number of aromatic nitrogens is 2. The Hall–Kier alpha value is -4.38. The lowest BCUT2D eigenvalue weighted by molar-refractivity contribution is -0.136. The van der Waals surface area contributed by atoms with Gasteiger partial charge in [0, 0.05) is 42.5 Å². The van der Waals surface area contributed by atoms with E-state index in [1.807, 2.05) is 0 Å². The lowest BCUT2D eigenvalue weighted by atomic mass is 10.0. The number of amides is 2. The molecule has 40 heavy (non-hydrogen) atoms. The molecule has 3 aromatic heterocycles. The number of nitrogen functional groups attached to an aromatic ring is 1. The van der Waals surface area contributed by atoms with E-state index >= 15 is 0 Å². The van der Waals surface area contributed by atoms with E-state index in [1.54, 1.807) is 17.0 Å². The van der Waals surface area contributed by atoms with E-state index in [1.165, 1.54) is 48.8 Å². The van der Waals surface area contributed by atoms with Gasteiger partial charge in [0.15, 0.2) is 0 Å². The van der Waals surface area contributed by atoms with Crippen LogP contribution >= 0.6 is 11.6 Å². The summed E-state index contributed by atoms with van der Waals surface area (Å²) in [5.41, 5.74) is 5.66. The predicted octanol–water partition coefficient (Wildman–Crippen LogP) is 5.27. The van der Waals surface area contributed by atoms with Gasteiger partial charge in [0.25, 0.3) is 5.91 Å². The van der Waals surface area contributed by atoms with Gasteiger partial charge in [0.1, 0.15) is 17.2 Å². The molecule has 0 bridgehead atoms. The van der Waals surface area contributed by atoms with Crippen LogP contribution in [0.25, 0.3) is 28.3 Å². The summed E-state index contributed by atoms with van der Waals surface area (Å²) in [7, 11) is 0. The van der Waals surface area contributed by atoms with Crippen molar-refractivity contribution in [2.24, 2.45) is 0 Å². The van der Waals surface area contributed by atoms with E-state index < -0.39 is 17.6 Å². The lowest BCUT2D eigenvalue weighted by Gasteiger charge is -2.15. The Morgan fingerprint density at radius 3 is 2.62 bits per heavy atom. The first-order chi connectivity index (χ1) is 19.1. The highest BCUT2D eigenvalue weighted by Crippen LogP contribution is 2.39. The summed E-state index contributed by atoms with van der Waals surface area (Å²) >= 11 is 6.08. The van der Waals surface area contributed by atoms with Gasteiger partial charge in [-0.1, -0.05) is 0 Å². The molecule has 1 aliphatic heterocycles. The van der Waals surface area contributed by atoms with Crippen LogP contribution in [0.3, 0.4) is 0 Å². The molecule has 1 aliphatic rings. The molecule has 0 saturated carbocycles. The van der Waals surface area contributed by atoms with Crippen LogP contribution in [-0.4, -0.2) is 45.1 Å². The number of nitrogens with one attached hydrogen (secondary N) is 1. The van der Waals surface area contributed by atoms with Crippen LogP contribution in [-0.2, 0) is 17.5 Å². The minimum absolute atomic E-state index is 0.0968. The third kappa shape index (κ3) is 6.09. The van der Waals surface area contributed by atoms with E-state index in [9.17, 15) is 22.8 Å². The molecule has 0 aliphatic carbocycles. The lowest BCUT2D eigenvalue weighted by Crippen LogP contribution is -2.28. The summed E-state index contributed by atoms with van der Waals surface area (Å²) in [6, 6.07) is 10.2. The molecule has 3 N–H and O–H groups in total. The fourth-order valence-corrected chi connectivity index (χ4v) is 4.61. The van der Waals surface area contributed by atoms with Crippen LogP contribution in [0.5, 0.6) is 0 Å².